The number of carbonyl (C=O) groups excluding carboxylic acids is 2. The number of benzene rings is 1. The van der Waals surface area contributed by atoms with Crippen LogP contribution >= 0.6 is 0 Å². The molecule has 1 rings (SSSR count). The van der Waals surface area contributed by atoms with Crippen molar-refractivity contribution < 1.29 is 19.1 Å². The minimum atomic E-state index is -0.751. The maximum atomic E-state index is 11.6. The van der Waals surface area contributed by atoms with Crippen LogP contribution in [0.25, 0.3) is 0 Å². The summed E-state index contributed by atoms with van der Waals surface area (Å²) in [7, 11) is 0. The molecule has 0 aliphatic rings. The summed E-state index contributed by atoms with van der Waals surface area (Å²) in [4.78, 5) is 22.8. The van der Waals surface area contributed by atoms with Gasteiger partial charge in [-0.1, -0.05) is 0 Å². The van der Waals surface area contributed by atoms with Crippen LogP contribution in [0, 0.1) is 0 Å². The lowest BCUT2D eigenvalue weighted by molar-refractivity contribution is 0.104. The van der Waals surface area contributed by atoms with Crippen LogP contribution in [0.4, 0.5) is 15.3 Å². The van der Waals surface area contributed by atoms with Crippen LogP contribution in [0.5, 0.6) is 5.75 Å². The molecule has 0 saturated carbocycles. The van der Waals surface area contributed by atoms with Crippen molar-refractivity contribution in [2.45, 2.75) is 33.2 Å². The van der Waals surface area contributed by atoms with Crippen molar-refractivity contribution in [2.75, 3.05) is 11.9 Å². The fourth-order valence-corrected chi connectivity index (χ4v) is 1.35. The van der Waals surface area contributed by atoms with E-state index in [-0.39, 0.29) is 18.2 Å². The van der Waals surface area contributed by atoms with Crippen molar-refractivity contribution in [3.8, 4) is 5.75 Å². The highest BCUT2D eigenvalue weighted by Crippen LogP contribution is 2.16. The largest absolute Gasteiger partial charge is 0.513 e. The summed E-state index contributed by atoms with van der Waals surface area (Å²) < 4.78 is 9.56. The Morgan fingerprint density at radius 2 is 1.75 bits per heavy atom. The van der Waals surface area contributed by atoms with E-state index in [9.17, 15) is 9.59 Å². The Bertz CT molecular complexity index is 463. The van der Waals surface area contributed by atoms with Crippen molar-refractivity contribution in [1.82, 2.24) is 5.32 Å². The molecule has 0 spiro atoms. The molecule has 0 atom stereocenters. The van der Waals surface area contributed by atoms with Crippen molar-refractivity contribution in [3.63, 3.8) is 0 Å². The molecule has 0 aliphatic carbocycles. The molecule has 1 aromatic rings. The first-order chi connectivity index (χ1) is 9.30. The molecule has 6 nitrogen and oxygen atoms in total. The molecular weight excluding hydrogens is 260 g/mol. The summed E-state index contributed by atoms with van der Waals surface area (Å²) in [6, 6.07) is 6.12. The van der Waals surface area contributed by atoms with Gasteiger partial charge in [0.15, 0.2) is 0 Å². The van der Waals surface area contributed by atoms with E-state index >= 15 is 0 Å². The average molecular weight is 280 g/mol. The lowest BCUT2D eigenvalue weighted by Gasteiger charge is -2.20. The molecule has 0 heterocycles. The predicted molar refractivity (Wildman–Crippen MR) is 76.0 cm³/mol. The zero-order valence-electron chi connectivity index (χ0n) is 12.1. The molecule has 0 bridgehead atoms. The van der Waals surface area contributed by atoms with E-state index in [2.05, 4.69) is 15.4 Å². The topological polar surface area (TPSA) is 76.7 Å². The van der Waals surface area contributed by atoms with Gasteiger partial charge in [0.1, 0.15) is 5.75 Å². The van der Waals surface area contributed by atoms with Crippen molar-refractivity contribution in [2.24, 2.45) is 0 Å². The Kier molecular flexibility index (Phi) is 5.37. The molecule has 0 aromatic heterocycles. The van der Waals surface area contributed by atoms with Gasteiger partial charge in [0.05, 0.1) is 6.61 Å². The van der Waals surface area contributed by atoms with Crippen LogP contribution in [0.3, 0.4) is 0 Å². The fourth-order valence-electron chi connectivity index (χ4n) is 1.35. The van der Waals surface area contributed by atoms with Gasteiger partial charge in [-0.05, 0) is 52.0 Å². The van der Waals surface area contributed by atoms with Crippen molar-refractivity contribution >= 4 is 17.9 Å². The zero-order valence-corrected chi connectivity index (χ0v) is 12.1. The first-order valence-electron chi connectivity index (χ1n) is 6.34. The number of ether oxygens (including phenoxy) is 2. The molecule has 0 saturated heterocycles. The highest BCUT2D eigenvalue weighted by Gasteiger charge is 2.13. The monoisotopic (exact) mass is 280 g/mol. The van der Waals surface area contributed by atoms with Gasteiger partial charge in [-0.2, -0.15) is 0 Å². The Balaban J connectivity index is 2.54. The Morgan fingerprint density at radius 1 is 1.15 bits per heavy atom. The van der Waals surface area contributed by atoms with Crippen LogP contribution in [0.1, 0.15) is 27.7 Å². The second kappa shape index (κ2) is 6.79. The van der Waals surface area contributed by atoms with Gasteiger partial charge in [0.2, 0.25) is 0 Å². The molecule has 1 aromatic carbocycles. The van der Waals surface area contributed by atoms with Crippen molar-refractivity contribution in [3.05, 3.63) is 24.3 Å². The van der Waals surface area contributed by atoms with Gasteiger partial charge in [0.25, 0.3) is 0 Å². The predicted octanol–water partition coefficient (Wildman–Crippen LogP) is 3.14. The van der Waals surface area contributed by atoms with E-state index in [1.807, 2.05) is 20.8 Å². The second-order valence-corrected chi connectivity index (χ2v) is 5.14. The average Bonchev–Trinajstić information content (AvgIpc) is 2.29. The lowest BCUT2D eigenvalue weighted by atomic mass is 10.1. The van der Waals surface area contributed by atoms with Gasteiger partial charge >= 0.3 is 12.2 Å². The third-order valence-corrected chi connectivity index (χ3v) is 2.06. The van der Waals surface area contributed by atoms with Crippen LogP contribution in [-0.4, -0.2) is 24.3 Å². The number of urea groups is 1. The SMILES string of the molecule is CCOC(=O)Oc1ccc(NC(=O)NC(C)(C)C)cc1. The van der Waals surface area contributed by atoms with E-state index in [0.717, 1.165) is 0 Å². The minimum absolute atomic E-state index is 0.255. The third kappa shape index (κ3) is 6.08. The first-order valence-corrected chi connectivity index (χ1v) is 6.34. The quantitative estimate of drug-likeness (QED) is 0.658. The van der Waals surface area contributed by atoms with Crippen LogP contribution in [0.15, 0.2) is 24.3 Å². The summed E-state index contributed by atoms with van der Waals surface area (Å²) >= 11 is 0. The lowest BCUT2D eigenvalue weighted by Crippen LogP contribution is -2.43. The first kappa shape index (κ1) is 15.8. The highest BCUT2D eigenvalue weighted by atomic mass is 16.7. The van der Waals surface area contributed by atoms with Gasteiger partial charge in [0, 0.05) is 11.2 Å². The molecule has 0 aliphatic heterocycles. The fraction of sp³-hybridized carbons (Fsp3) is 0.429. The van der Waals surface area contributed by atoms with E-state index in [0.29, 0.717) is 11.4 Å². The number of nitrogens with one attached hydrogen (secondary N) is 2. The molecule has 0 unspecified atom stereocenters. The van der Waals surface area contributed by atoms with E-state index in [1.165, 1.54) is 0 Å². The Labute approximate surface area is 118 Å². The number of hydrogen-bond acceptors (Lipinski definition) is 4. The Morgan fingerprint density at radius 3 is 2.25 bits per heavy atom. The van der Waals surface area contributed by atoms with Crippen LogP contribution < -0.4 is 15.4 Å². The van der Waals surface area contributed by atoms with Crippen molar-refractivity contribution in [1.29, 1.82) is 0 Å². The molecule has 0 radical (unpaired) electrons. The van der Waals surface area contributed by atoms with Gasteiger partial charge in [-0.25, -0.2) is 9.59 Å². The van der Waals surface area contributed by atoms with E-state index in [1.54, 1.807) is 31.2 Å². The molecule has 2 N–H and O–H groups in total. The standard InChI is InChI=1S/C14H20N2O4/c1-5-19-13(18)20-11-8-6-10(7-9-11)15-12(17)16-14(2,3)4/h6-9H,5H2,1-4H3,(H2,15,16,17). The third-order valence-electron chi connectivity index (χ3n) is 2.06. The molecule has 2 amide bonds. The van der Waals surface area contributed by atoms with Crippen LogP contribution in [0.2, 0.25) is 0 Å². The molecule has 110 valence electrons. The number of anilines is 1. The molecule has 20 heavy (non-hydrogen) atoms. The van der Waals surface area contributed by atoms with E-state index in [4.69, 9.17) is 4.74 Å². The van der Waals surface area contributed by atoms with E-state index < -0.39 is 6.16 Å². The maximum absolute atomic E-state index is 11.6. The summed E-state index contributed by atoms with van der Waals surface area (Å²) in [5.74, 6) is 0.352. The zero-order chi connectivity index (χ0) is 15.2. The maximum Gasteiger partial charge on any atom is 0.513 e. The van der Waals surface area contributed by atoms with Crippen LogP contribution in [-0.2, 0) is 4.74 Å². The molecular formula is C14H20N2O4. The summed E-state index contributed by atoms with van der Waals surface area (Å²) in [6.07, 6.45) is -0.751. The second-order valence-electron chi connectivity index (χ2n) is 5.14. The smallest absolute Gasteiger partial charge is 0.434 e. The minimum Gasteiger partial charge on any atom is -0.434 e. The summed E-state index contributed by atoms with van der Waals surface area (Å²) in [5, 5.41) is 5.46. The van der Waals surface area contributed by atoms with Gasteiger partial charge < -0.3 is 20.1 Å². The number of rotatable bonds is 3. The molecule has 0 fully saturated rings. The number of amides is 2. The number of carbonyl (C=O) groups is 2. The van der Waals surface area contributed by atoms with Gasteiger partial charge in [-0.15, -0.1) is 0 Å². The summed E-state index contributed by atoms with van der Waals surface area (Å²) in [6.45, 7) is 7.63. The molecule has 6 heteroatoms. The number of hydrogen-bond donors (Lipinski definition) is 2. The normalized spacial score (nSPS) is 10.6. The van der Waals surface area contributed by atoms with Gasteiger partial charge in [-0.3, -0.25) is 0 Å². The highest BCUT2D eigenvalue weighted by molar-refractivity contribution is 5.89. The Hall–Kier alpha value is -2.24. The summed E-state index contributed by atoms with van der Waals surface area (Å²) in [5.41, 5.74) is 0.291.